The van der Waals surface area contributed by atoms with Crippen molar-refractivity contribution < 1.29 is 28.6 Å². The fraction of sp³-hybridized carbons (Fsp3) is 0.865. The molecule has 0 bridgehead atoms. The number of esters is 3. The number of carbonyl (C=O) groups excluding carboxylic acids is 3. The number of hydrogen-bond acceptors (Lipinski definition) is 6. The van der Waals surface area contributed by atoms with Crippen molar-refractivity contribution in [2.24, 2.45) is 0 Å². The molecule has 6 nitrogen and oxygen atoms in total. The predicted molar refractivity (Wildman–Crippen MR) is 247 cm³/mol. The first-order chi connectivity index (χ1) is 28.5. The van der Waals surface area contributed by atoms with Crippen LogP contribution in [0.3, 0.4) is 0 Å². The maximum absolute atomic E-state index is 12.8. The number of hydrogen-bond donors (Lipinski definition) is 0. The van der Waals surface area contributed by atoms with Crippen LogP contribution in [0.2, 0.25) is 0 Å². The maximum Gasteiger partial charge on any atom is 0.306 e. The number of rotatable bonds is 46. The third kappa shape index (κ3) is 45.0. The molecule has 0 fully saturated rings. The van der Waals surface area contributed by atoms with E-state index < -0.39 is 6.10 Å². The van der Waals surface area contributed by atoms with Crippen molar-refractivity contribution in [1.29, 1.82) is 0 Å². The smallest absolute Gasteiger partial charge is 0.306 e. The third-order valence-corrected chi connectivity index (χ3v) is 11.2. The zero-order valence-electron chi connectivity index (χ0n) is 38.8. The number of carbonyl (C=O) groups is 3. The minimum atomic E-state index is -0.769. The van der Waals surface area contributed by atoms with E-state index in [0.29, 0.717) is 19.3 Å². The first kappa shape index (κ1) is 55.9. The van der Waals surface area contributed by atoms with Crippen molar-refractivity contribution in [3.05, 3.63) is 24.3 Å². The average Bonchev–Trinajstić information content (AvgIpc) is 3.22. The van der Waals surface area contributed by atoms with E-state index in [1.165, 1.54) is 154 Å². The Bertz CT molecular complexity index is 942. The molecule has 0 N–H and O–H groups in total. The number of ether oxygens (including phenoxy) is 3. The largest absolute Gasteiger partial charge is 0.462 e. The molecule has 0 aliphatic carbocycles. The molecular weight excluding hydrogens is 721 g/mol. The summed E-state index contributed by atoms with van der Waals surface area (Å²) >= 11 is 0. The van der Waals surface area contributed by atoms with Gasteiger partial charge in [0.2, 0.25) is 0 Å². The molecule has 1 unspecified atom stereocenters. The number of unbranched alkanes of at least 4 members (excludes halogenated alkanes) is 31. The van der Waals surface area contributed by atoms with Crippen LogP contribution in [0.25, 0.3) is 0 Å². The van der Waals surface area contributed by atoms with Crippen LogP contribution < -0.4 is 0 Å². The molecule has 0 aromatic heterocycles. The minimum absolute atomic E-state index is 0.0718. The average molecular weight is 817 g/mol. The Morgan fingerprint density at radius 2 is 0.621 bits per heavy atom. The Hall–Kier alpha value is -2.11. The second-order valence-electron chi connectivity index (χ2n) is 17.1. The van der Waals surface area contributed by atoms with Gasteiger partial charge in [0.15, 0.2) is 6.10 Å². The highest BCUT2D eigenvalue weighted by Gasteiger charge is 2.19. The van der Waals surface area contributed by atoms with E-state index in [2.05, 4.69) is 45.1 Å². The van der Waals surface area contributed by atoms with Gasteiger partial charge < -0.3 is 14.2 Å². The topological polar surface area (TPSA) is 78.9 Å². The fourth-order valence-corrected chi connectivity index (χ4v) is 7.36. The molecule has 0 aliphatic rings. The second kappa shape index (κ2) is 47.6. The fourth-order valence-electron chi connectivity index (χ4n) is 7.36. The van der Waals surface area contributed by atoms with Gasteiger partial charge in [-0.15, -0.1) is 0 Å². The predicted octanol–water partition coefficient (Wildman–Crippen LogP) is 16.4. The molecule has 0 aromatic carbocycles. The van der Waals surface area contributed by atoms with E-state index in [9.17, 15) is 14.4 Å². The van der Waals surface area contributed by atoms with E-state index in [-0.39, 0.29) is 31.1 Å². The van der Waals surface area contributed by atoms with Crippen LogP contribution in [0.15, 0.2) is 24.3 Å². The van der Waals surface area contributed by atoms with Crippen LogP contribution in [0.4, 0.5) is 0 Å². The lowest BCUT2D eigenvalue weighted by atomic mass is 10.0. The Morgan fingerprint density at radius 3 is 0.966 bits per heavy atom. The van der Waals surface area contributed by atoms with Crippen molar-refractivity contribution in [2.45, 2.75) is 277 Å². The first-order valence-electron chi connectivity index (χ1n) is 25.3. The molecule has 0 rings (SSSR count). The summed E-state index contributed by atoms with van der Waals surface area (Å²) in [5.74, 6) is -0.878. The summed E-state index contributed by atoms with van der Waals surface area (Å²) in [5, 5.41) is 0. The molecule has 0 saturated carbocycles. The summed E-state index contributed by atoms with van der Waals surface area (Å²) in [6.07, 6.45) is 53.1. The monoisotopic (exact) mass is 817 g/mol. The van der Waals surface area contributed by atoms with Crippen molar-refractivity contribution in [3.63, 3.8) is 0 Å². The summed E-state index contributed by atoms with van der Waals surface area (Å²) in [7, 11) is 0. The van der Waals surface area contributed by atoms with E-state index in [1.807, 2.05) is 0 Å². The Morgan fingerprint density at radius 1 is 0.345 bits per heavy atom. The molecule has 0 heterocycles. The molecule has 0 spiro atoms. The summed E-state index contributed by atoms with van der Waals surface area (Å²) in [6.45, 7) is 6.60. The van der Waals surface area contributed by atoms with Gasteiger partial charge in [-0.05, 0) is 51.4 Å². The summed E-state index contributed by atoms with van der Waals surface area (Å²) < 4.78 is 16.7. The van der Waals surface area contributed by atoms with Crippen LogP contribution in [0.5, 0.6) is 0 Å². The molecule has 0 radical (unpaired) electrons. The van der Waals surface area contributed by atoms with E-state index >= 15 is 0 Å². The lowest BCUT2D eigenvalue weighted by Gasteiger charge is -2.18. The van der Waals surface area contributed by atoms with Crippen LogP contribution >= 0.6 is 0 Å². The normalized spacial score (nSPS) is 12.1. The summed E-state index contributed by atoms with van der Waals surface area (Å²) in [5.41, 5.74) is 0. The van der Waals surface area contributed by atoms with Crippen molar-refractivity contribution in [1.82, 2.24) is 0 Å². The first-order valence-corrected chi connectivity index (χ1v) is 25.3. The van der Waals surface area contributed by atoms with Crippen LogP contribution in [0.1, 0.15) is 271 Å². The molecular formula is C52H96O6. The van der Waals surface area contributed by atoms with Gasteiger partial charge in [-0.25, -0.2) is 0 Å². The van der Waals surface area contributed by atoms with Gasteiger partial charge in [-0.3, -0.25) is 14.4 Å². The summed E-state index contributed by atoms with van der Waals surface area (Å²) in [4.78, 5) is 37.8. The highest BCUT2D eigenvalue weighted by Crippen LogP contribution is 2.16. The van der Waals surface area contributed by atoms with Gasteiger partial charge in [0, 0.05) is 19.3 Å². The van der Waals surface area contributed by atoms with E-state index in [1.54, 1.807) is 0 Å². The Labute approximate surface area is 360 Å². The Kier molecular flexibility index (Phi) is 45.8. The van der Waals surface area contributed by atoms with Crippen LogP contribution in [0, 0.1) is 0 Å². The lowest BCUT2D eigenvalue weighted by molar-refractivity contribution is -0.167. The second-order valence-corrected chi connectivity index (χ2v) is 17.1. The quantitative estimate of drug-likeness (QED) is 0.0263. The molecule has 58 heavy (non-hydrogen) atoms. The molecule has 6 heteroatoms. The van der Waals surface area contributed by atoms with Crippen LogP contribution in [-0.4, -0.2) is 37.2 Å². The van der Waals surface area contributed by atoms with E-state index in [4.69, 9.17) is 14.2 Å². The highest BCUT2D eigenvalue weighted by atomic mass is 16.6. The van der Waals surface area contributed by atoms with Crippen molar-refractivity contribution in [3.8, 4) is 0 Å². The Balaban J connectivity index is 4.29. The van der Waals surface area contributed by atoms with Crippen LogP contribution in [-0.2, 0) is 28.6 Å². The summed E-state index contributed by atoms with van der Waals surface area (Å²) in [6, 6.07) is 0. The number of allylic oxidation sites excluding steroid dienone is 4. The molecule has 0 saturated heterocycles. The highest BCUT2D eigenvalue weighted by molar-refractivity contribution is 5.71. The molecule has 0 amide bonds. The zero-order chi connectivity index (χ0) is 42.3. The van der Waals surface area contributed by atoms with Gasteiger partial charge in [0.05, 0.1) is 0 Å². The van der Waals surface area contributed by atoms with Crippen molar-refractivity contribution >= 4 is 17.9 Å². The van der Waals surface area contributed by atoms with Gasteiger partial charge >= 0.3 is 17.9 Å². The molecule has 340 valence electrons. The molecule has 0 aromatic rings. The van der Waals surface area contributed by atoms with E-state index in [0.717, 1.165) is 77.0 Å². The minimum Gasteiger partial charge on any atom is -0.462 e. The molecule has 1 atom stereocenters. The maximum atomic E-state index is 12.8. The zero-order valence-corrected chi connectivity index (χ0v) is 38.8. The SMILES string of the molecule is CCCCCC/C=C\C/C=C\CCCCCCCC(=O)OCC(COC(=O)CCCCCCCCCC)OC(=O)CCCCCCCCCCCCCCCCCC. The van der Waals surface area contributed by atoms with Gasteiger partial charge in [0.1, 0.15) is 13.2 Å². The van der Waals surface area contributed by atoms with Gasteiger partial charge in [-0.1, -0.05) is 225 Å². The molecule has 0 aliphatic heterocycles. The third-order valence-electron chi connectivity index (χ3n) is 11.2. The van der Waals surface area contributed by atoms with Gasteiger partial charge in [0.25, 0.3) is 0 Å². The van der Waals surface area contributed by atoms with Crippen molar-refractivity contribution in [2.75, 3.05) is 13.2 Å². The van der Waals surface area contributed by atoms with Gasteiger partial charge in [-0.2, -0.15) is 0 Å². The lowest BCUT2D eigenvalue weighted by Crippen LogP contribution is -2.30. The standard InChI is InChI=1S/C52H96O6/c1-4-7-10-13-16-19-21-23-25-27-29-31-33-36-39-42-45-51(54)57-48-49(47-56-50(53)44-41-38-35-18-15-12-9-6-3)58-52(55)46-43-40-37-34-32-30-28-26-24-22-20-17-14-11-8-5-2/h19,21,25,27,49H,4-18,20,22-24,26,28-48H2,1-3H3/b21-19-,27-25-.